The van der Waals surface area contributed by atoms with Crippen LogP contribution in [0.5, 0.6) is 0 Å². The SMILES string of the molecule is Cc1noc(Cn2c(N)nc3cc(I)c(F)cc32)n1. The van der Waals surface area contributed by atoms with Crippen LogP contribution in [0.2, 0.25) is 0 Å². The predicted molar refractivity (Wildman–Crippen MR) is 75.0 cm³/mol. The zero-order valence-corrected chi connectivity index (χ0v) is 12.0. The Labute approximate surface area is 120 Å². The Hall–Kier alpha value is -1.71. The van der Waals surface area contributed by atoms with E-state index >= 15 is 0 Å². The van der Waals surface area contributed by atoms with Gasteiger partial charge >= 0.3 is 0 Å². The Morgan fingerprint density at radius 3 is 2.89 bits per heavy atom. The van der Waals surface area contributed by atoms with Crippen LogP contribution in [0.3, 0.4) is 0 Å². The summed E-state index contributed by atoms with van der Waals surface area (Å²) < 4.78 is 20.8. The molecule has 3 aromatic rings. The smallest absolute Gasteiger partial charge is 0.246 e. The molecule has 2 N–H and O–H groups in total. The molecule has 19 heavy (non-hydrogen) atoms. The number of nitrogen functional groups attached to an aromatic ring is 1. The maximum atomic E-state index is 13.6. The molecule has 0 amide bonds. The summed E-state index contributed by atoms with van der Waals surface area (Å²) in [4.78, 5) is 8.29. The second kappa shape index (κ2) is 4.44. The van der Waals surface area contributed by atoms with Gasteiger partial charge < -0.3 is 14.8 Å². The van der Waals surface area contributed by atoms with Crippen molar-refractivity contribution < 1.29 is 8.91 Å². The number of hydrogen-bond donors (Lipinski definition) is 1. The number of imidazole rings is 1. The van der Waals surface area contributed by atoms with Crippen molar-refractivity contribution in [2.45, 2.75) is 13.5 Å². The molecule has 0 saturated heterocycles. The van der Waals surface area contributed by atoms with E-state index in [-0.39, 0.29) is 18.3 Å². The van der Waals surface area contributed by atoms with Crippen molar-refractivity contribution in [3.63, 3.8) is 0 Å². The summed E-state index contributed by atoms with van der Waals surface area (Å²) in [5.74, 6) is 0.921. The van der Waals surface area contributed by atoms with Crippen molar-refractivity contribution in [3.05, 3.63) is 33.2 Å². The van der Waals surface area contributed by atoms with Crippen molar-refractivity contribution in [2.24, 2.45) is 0 Å². The number of nitrogens with zero attached hydrogens (tertiary/aromatic N) is 4. The van der Waals surface area contributed by atoms with Crippen molar-refractivity contribution in [1.82, 2.24) is 19.7 Å². The van der Waals surface area contributed by atoms with Crippen LogP contribution >= 0.6 is 22.6 Å². The van der Waals surface area contributed by atoms with Gasteiger partial charge in [0.1, 0.15) is 12.4 Å². The molecule has 3 rings (SSSR count). The number of fused-ring (bicyclic) bond motifs is 1. The molecule has 0 saturated carbocycles. The summed E-state index contributed by atoms with van der Waals surface area (Å²) >= 11 is 1.91. The molecule has 0 aliphatic heterocycles. The van der Waals surface area contributed by atoms with Crippen LogP contribution in [-0.4, -0.2) is 19.7 Å². The van der Waals surface area contributed by atoms with E-state index in [1.807, 2.05) is 22.6 Å². The molecule has 98 valence electrons. The fourth-order valence-corrected chi connectivity index (χ4v) is 2.30. The molecule has 2 heterocycles. The van der Waals surface area contributed by atoms with E-state index < -0.39 is 0 Å². The Balaban J connectivity index is 2.12. The third kappa shape index (κ3) is 2.15. The third-order valence-electron chi connectivity index (χ3n) is 2.68. The molecule has 2 aromatic heterocycles. The minimum Gasteiger partial charge on any atom is -0.369 e. The number of halogens is 2. The van der Waals surface area contributed by atoms with Gasteiger partial charge in [0.15, 0.2) is 5.82 Å². The van der Waals surface area contributed by atoms with E-state index in [1.165, 1.54) is 6.07 Å². The molecular formula is C11H9FIN5O. The number of aromatic nitrogens is 4. The summed E-state index contributed by atoms with van der Waals surface area (Å²) in [6.45, 7) is 1.99. The molecule has 0 unspecified atom stereocenters. The van der Waals surface area contributed by atoms with Crippen LogP contribution < -0.4 is 5.73 Å². The first-order chi connectivity index (χ1) is 9.04. The average Bonchev–Trinajstić information content (AvgIpc) is 2.87. The number of hydrogen-bond acceptors (Lipinski definition) is 5. The Morgan fingerprint density at radius 2 is 2.21 bits per heavy atom. The highest BCUT2D eigenvalue weighted by Gasteiger charge is 2.14. The van der Waals surface area contributed by atoms with Crippen LogP contribution in [0.25, 0.3) is 11.0 Å². The van der Waals surface area contributed by atoms with E-state index in [0.29, 0.717) is 26.3 Å². The first kappa shape index (κ1) is 12.3. The molecule has 0 aliphatic rings. The van der Waals surface area contributed by atoms with E-state index in [4.69, 9.17) is 10.3 Å². The molecule has 8 heteroatoms. The van der Waals surface area contributed by atoms with E-state index in [9.17, 15) is 4.39 Å². The summed E-state index contributed by atoms with van der Waals surface area (Å²) in [5.41, 5.74) is 7.09. The van der Waals surface area contributed by atoms with Crippen LogP contribution in [0, 0.1) is 16.3 Å². The van der Waals surface area contributed by atoms with Crippen LogP contribution in [0.1, 0.15) is 11.7 Å². The van der Waals surface area contributed by atoms with E-state index in [1.54, 1.807) is 17.6 Å². The zero-order chi connectivity index (χ0) is 13.6. The minimum absolute atomic E-state index is 0.267. The monoisotopic (exact) mass is 373 g/mol. The van der Waals surface area contributed by atoms with Gasteiger partial charge in [0.2, 0.25) is 11.8 Å². The maximum absolute atomic E-state index is 13.6. The second-order valence-corrected chi connectivity index (χ2v) is 5.21. The summed E-state index contributed by atoms with van der Waals surface area (Å²) in [7, 11) is 0. The minimum atomic E-state index is -0.309. The Morgan fingerprint density at radius 1 is 1.42 bits per heavy atom. The summed E-state index contributed by atoms with van der Waals surface area (Å²) in [5, 5.41) is 3.70. The molecule has 0 bridgehead atoms. The highest BCUT2D eigenvalue weighted by Crippen LogP contribution is 2.23. The third-order valence-corrected chi connectivity index (χ3v) is 3.51. The lowest BCUT2D eigenvalue weighted by Gasteiger charge is -2.02. The fourth-order valence-electron chi connectivity index (χ4n) is 1.84. The zero-order valence-electron chi connectivity index (χ0n) is 9.89. The van der Waals surface area contributed by atoms with Gasteiger partial charge in [0, 0.05) is 6.07 Å². The molecule has 0 radical (unpaired) electrons. The number of aryl methyl sites for hydroxylation is 1. The average molecular weight is 373 g/mol. The van der Waals surface area contributed by atoms with Gasteiger partial charge in [-0.3, -0.25) is 0 Å². The van der Waals surface area contributed by atoms with E-state index in [0.717, 1.165) is 0 Å². The molecule has 6 nitrogen and oxygen atoms in total. The summed E-state index contributed by atoms with van der Waals surface area (Å²) in [6.07, 6.45) is 0. The largest absolute Gasteiger partial charge is 0.369 e. The number of benzene rings is 1. The normalized spacial score (nSPS) is 11.3. The van der Waals surface area contributed by atoms with Crippen LogP contribution in [0.4, 0.5) is 10.3 Å². The van der Waals surface area contributed by atoms with Gasteiger partial charge in [0.25, 0.3) is 0 Å². The summed E-state index contributed by atoms with van der Waals surface area (Å²) in [6, 6.07) is 3.06. The topological polar surface area (TPSA) is 82.8 Å². The quantitative estimate of drug-likeness (QED) is 0.696. The maximum Gasteiger partial charge on any atom is 0.246 e. The Bertz CT molecular complexity index is 766. The van der Waals surface area contributed by atoms with Gasteiger partial charge in [-0.1, -0.05) is 5.16 Å². The highest BCUT2D eigenvalue weighted by atomic mass is 127. The van der Waals surface area contributed by atoms with Crippen molar-refractivity contribution in [3.8, 4) is 0 Å². The number of rotatable bonds is 2. The van der Waals surface area contributed by atoms with Gasteiger partial charge in [-0.05, 0) is 35.6 Å². The molecule has 0 spiro atoms. The molecule has 0 fully saturated rings. The van der Waals surface area contributed by atoms with Crippen molar-refractivity contribution >= 4 is 39.6 Å². The number of anilines is 1. The second-order valence-electron chi connectivity index (χ2n) is 4.05. The lowest BCUT2D eigenvalue weighted by Crippen LogP contribution is -2.05. The van der Waals surface area contributed by atoms with Gasteiger partial charge in [-0.25, -0.2) is 9.37 Å². The first-order valence-electron chi connectivity index (χ1n) is 5.44. The molecule has 0 atom stereocenters. The highest BCUT2D eigenvalue weighted by molar-refractivity contribution is 14.1. The van der Waals surface area contributed by atoms with Gasteiger partial charge in [0.05, 0.1) is 14.6 Å². The van der Waals surface area contributed by atoms with Crippen LogP contribution in [0.15, 0.2) is 16.7 Å². The Kier molecular flexibility index (Phi) is 2.88. The lowest BCUT2D eigenvalue weighted by molar-refractivity contribution is 0.369. The molecule has 0 aliphatic carbocycles. The standard InChI is InChI=1S/C11H9FIN5O/c1-5-15-10(19-17-5)4-18-9-2-6(12)7(13)3-8(9)16-11(18)14/h2-3H,4H2,1H3,(H2,14,16). The van der Waals surface area contributed by atoms with Crippen molar-refractivity contribution in [1.29, 1.82) is 0 Å². The van der Waals surface area contributed by atoms with E-state index in [2.05, 4.69) is 15.1 Å². The van der Waals surface area contributed by atoms with Gasteiger partial charge in [-0.15, -0.1) is 0 Å². The first-order valence-corrected chi connectivity index (χ1v) is 6.52. The molecular weight excluding hydrogens is 364 g/mol. The lowest BCUT2D eigenvalue weighted by atomic mass is 10.3. The molecule has 1 aromatic carbocycles. The number of nitrogens with two attached hydrogens (primary N) is 1. The van der Waals surface area contributed by atoms with Crippen molar-refractivity contribution in [2.75, 3.05) is 5.73 Å². The van der Waals surface area contributed by atoms with Crippen LogP contribution in [-0.2, 0) is 6.54 Å². The fraction of sp³-hybridized carbons (Fsp3) is 0.182. The van der Waals surface area contributed by atoms with Gasteiger partial charge in [-0.2, -0.15) is 4.98 Å². The predicted octanol–water partition coefficient (Wildman–Crippen LogP) is 2.10.